The molecule has 0 aromatic carbocycles. The molecule has 0 heterocycles. The summed E-state index contributed by atoms with van der Waals surface area (Å²) in [6.45, 7) is 5.52. The summed E-state index contributed by atoms with van der Waals surface area (Å²) in [6.07, 6.45) is 1.37. The minimum atomic E-state index is -3.24. The van der Waals surface area contributed by atoms with Crippen LogP contribution in [0.2, 0.25) is 6.55 Å². The molecule has 1 atom stereocenters. The third-order valence-electron chi connectivity index (χ3n) is 0.947. The van der Waals surface area contributed by atoms with Crippen molar-refractivity contribution in [3.63, 3.8) is 0 Å². The van der Waals surface area contributed by atoms with E-state index < -0.39 is 18.9 Å². The molecule has 1 unspecified atom stereocenters. The number of hydrogen-bond acceptors (Lipinski definition) is 3. The van der Waals surface area contributed by atoms with Crippen LogP contribution >= 0.6 is 0 Å². The van der Waals surface area contributed by atoms with Gasteiger partial charge < -0.3 is 0 Å². The molecule has 3 nitrogen and oxygen atoms in total. The highest BCUT2D eigenvalue weighted by Gasteiger charge is 2.04. The fraction of sp³-hybridized carbons (Fsp3) is 0.600. The van der Waals surface area contributed by atoms with Crippen LogP contribution in [0.3, 0.4) is 0 Å². The van der Waals surface area contributed by atoms with Gasteiger partial charge in [-0.2, -0.15) is 8.42 Å². The zero-order valence-electron chi connectivity index (χ0n) is 6.20. The van der Waals surface area contributed by atoms with Gasteiger partial charge in [-0.25, -0.2) is 0 Å². The molecule has 0 saturated carbocycles. The van der Waals surface area contributed by atoms with Crippen LogP contribution in [-0.4, -0.2) is 29.7 Å². The van der Waals surface area contributed by atoms with Crippen molar-refractivity contribution in [1.82, 2.24) is 0 Å². The van der Waals surface area contributed by atoms with Gasteiger partial charge in [0.25, 0.3) is 10.1 Å². The molecule has 0 fully saturated rings. The average molecular weight is 180 g/mol. The molecule has 0 bridgehead atoms. The first-order valence-corrected chi connectivity index (χ1v) is 7.38. The lowest BCUT2D eigenvalue weighted by Crippen LogP contribution is -2.16. The molecular formula is C5H12O3SSi. The molecule has 60 valence electrons. The zero-order valence-corrected chi connectivity index (χ0v) is 8.17. The Morgan fingerprint density at radius 2 is 2.20 bits per heavy atom. The van der Waals surface area contributed by atoms with Gasteiger partial charge >= 0.3 is 0 Å². The first kappa shape index (κ1) is 9.87. The summed E-state index contributed by atoms with van der Waals surface area (Å²) < 4.78 is 25.4. The molecule has 5 heteroatoms. The molecule has 0 spiro atoms. The fourth-order valence-corrected chi connectivity index (χ4v) is 2.28. The second-order valence-corrected chi connectivity index (χ2v) is 6.60. The normalized spacial score (nSPS) is 14.6. The van der Waals surface area contributed by atoms with E-state index in [1.807, 2.05) is 6.55 Å². The Hall–Kier alpha value is -0.133. The molecule has 0 aromatic heterocycles. The lowest BCUT2D eigenvalue weighted by molar-refractivity contribution is 0.378. The summed E-state index contributed by atoms with van der Waals surface area (Å²) in [5.74, 6) is 0. The molecule has 0 rings (SSSR count). The van der Waals surface area contributed by atoms with E-state index in [9.17, 15) is 8.42 Å². The van der Waals surface area contributed by atoms with E-state index in [1.165, 1.54) is 0 Å². The predicted octanol–water partition coefficient (Wildman–Crippen LogP) is 0.0839. The lowest BCUT2D eigenvalue weighted by atomic mass is 11.3. The van der Waals surface area contributed by atoms with Crippen molar-refractivity contribution in [2.45, 2.75) is 6.55 Å². The van der Waals surface area contributed by atoms with Gasteiger partial charge in [-0.15, -0.1) is 12.3 Å². The van der Waals surface area contributed by atoms with Crippen molar-refractivity contribution in [1.29, 1.82) is 0 Å². The standard InChI is InChI=1S/C5H12O3SSi/c1-4-10(3)5-8-9(2,6)7/h4,10H,1,5H2,2-3H3. The van der Waals surface area contributed by atoms with E-state index in [0.29, 0.717) is 6.23 Å². The van der Waals surface area contributed by atoms with E-state index >= 15 is 0 Å². The van der Waals surface area contributed by atoms with E-state index in [1.54, 1.807) is 5.70 Å². The van der Waals surface area contributed by atoms with E-state index in [4.69, 9.17) is 0 Å². The minimum Gasteiger partial charge on any atom is -0.274 e. The molecule has 0 aliphatic carbocycles. The fourth-order valence-electron chi connectivity index (χ4n) is 0.299. The Labute approximate surface area is 63.4 Å². The zero-order chi connectivity index (χ0) is 8.20. The smallest absolute Gasteiger partial charge is 0.264 e. The van der Waals surface area contributed by atoms with Crippen molar-refractivity contribution in [3.8, 4) is 0 Å². The maximum atomic E-state index is 10.4. The van der Waals surface area contributed by atoms with Crippen LogP contribution in [0.4, 0.5) is 0 Å². The summed E-state index contributed by atoms with van der Waals surface area (Å²) in [4.78, 5) is 0. The van der Waals surface area contributed by atoms with Crippen LogP contribution in [0, 0.1) is 0 Å². The first-order valence-electron chi connectivity index (χ1n) is 2.92. The van der Waals surface area contributed by atoms with Crippen molar-refractivity contribution in [2.75, 3.05) is 12.5 Å². The van der Waals surface area contributed by atoms with E-state index in [0.717, 1.165) is 6.26 Å². The maximum absolute atomic E-state index is 10.4. The van der Waals surface area contributed by atoms with Crippen LogP contribution in [0.25, 0.3) is 0 Å². The molecule has 0 aliphatic rings. The molecule has 0 amide bonds. The molecule has 0 aliphatic heterocycles. The van der Waals surface area contributed by atoms with E-state index in [2.05, 4.69) is 10.8 Å². The van der Waals surface area contributed by atoms with Crippen molar-refractivity contribution in [2.24, 2.45) is 0 Å². The second kappa shape index (κ2) is 3.90. The molecular weight excluding hydrogens is 168 g/mol. The van der Waals surface area contributed by atoms with Gasteiger partial charge in [-0.3, -0.25) is 4.18 Å². The van der Waals surface area contributed by atoms with Gasteiger partial charge in [0.15, 0.2) is 0 Å². The average Bonchev–Trinajstić information content (AvgIpc) is 1.81. The number of hydrogen-bond donors (Lipinski definition) is 0. The third-order valence-corrected chi connectivity index (χ3v) is 3.25. The summed E-state index contributed by atoms with van der Waals surface area (Å²) in [5, 5.41) is 0. The molecule has 0 radical (unpaired) electrons. The highest BCUT2D eigenvalue weighted by atomic mass is 32.2. The quantitative estimate of drug-likeness (QED) is 0.455. The largest absolute Gasteiger partial charge is 0.274 e. The van der Waals surface area contributed by atoms with Gasteiger partial charge in [0, 0.05) is 0 Å². The molecule has 0 aromatic rings. The second-order valence-electron chi connectivity index (χ2n) is 2.20. The Balaban J connectivity index is 3.66. The SMILES string of the molecule is C=C[SiH](C)COS(C)(=O)=O. The lowest BCUT2D eigenvalue weighted by Gasteiger charge is -2.02. The first-order chi connectivity index (χ1) is 4.45. The van der Waals surface area contributed by atoms with Crippen LogP contribution in [0.1, 0.15) is 0 Å². The van der Waals surface area contributed by atoms with Gasteiger partial charge in [0.05, 0.1) is 21.3 Å². The maximum Gasteiger partial charge on any atom is 0.264 e. The van der Waals surface area contributed by atoms with Crippen LogP contribution in [0.5, 0.6) is 0 Å². The van der Waals surface area contributed by atoms with Crippen molar-refractivity contribution < 1.29 is 12.6 Å². The van der Waals surface area contributed by atoms with Gasteiger partial charge in [0.1, 0.15) is 0 Å². The van der Waals surface area contributed by atoms with E-state index in [-0.39, 0.29) is 0 Å². The van der Waals surface area contributed by atoms with Crippen molar-refractivity contribution in [3.05, 3.63) is 12.3 Å². The van der Waals surface area contributed by atoms with Crippen LogP contribution < -0.4 is 0 Å². The monoisotopic (exact) mass is 180 g/mol. The third kappa shape index (κ3) is 5.99. The molecule has 0 N–H and O–H groups in total. The predicted molar refractivity (Wildman–Crippen MR) is 44.0 cm³/mol. The van der Waals surface area contributed by atoms with Gasteiger partial charge in [0.2, 0.25) is 0 Å². The number of rotatable bonds is 4. The Morgan fingerprint density at radius 1 is 1.70 bits per heavy atom. The minimum absolute atomic E-state index is 0.322. The highest BCUT2D eigenvalue weighted by Crippen LogP contribution is 1.90. The van der Waals surface area contributed by atoms with Gasteiger partial charge in [-0.05, 0) is 0 Å². The highest BCUT2D eigenvalue weighted by molar-refractivity contribution is 7.86. The van der Waals surface area contributed by atoms with Crippen LogP contribution in [-0.2, 0) is 14.3 Å². The summed E-state index contributed by atoms with van der Waals surface area (Å²) in [6, 6.07) is 0. The Morgan fingerprint density at radius 3 is 2.50 bits per heavy atom. The molecule has 10 heavy (non-hydrogen) atoms. The van der Waals surface area contributed by atoms with Crippen LogP contribution in [0.15, 0.2) is 12.3 Å². The van der Waals surface area contributed by atoms with Gasteiger partial charge in [-0.1, -0.05) is 6.55 Å². The summed E-state index contributed by atoms with van der Waals surface area (Å²) >= 11 is 0. The topological polar surface area (TPSA) is 43.4 Å². The Bertz CT molecular complexity index is 197. The summed E-state index contributed by atoms with van der Waals surface area (Å²) in [7, 11) is -4.36. The Kier molecular flexibility index (Phi) is 3.84. The summed E-state index contributed by atoms with van der Waals surface area (Å²) in [5.41, 5.74) is 1.78. The van der Waals surface area contributed by atoms with Crippen molar-refractivity contribution >= 4 is 18.9 Å². The molecule has 0 saturated heterocycles.